The Morgan fingerprint density at radius 1 is 1.50 bits per heavy atom. The van der Waals surface area contributed by atoms with Gasteiger partial charge in [-0.3, -0.25) is 0 Å². The molecule has 0 aliphatic heterocycles. The van der Waals surface area contributed by atoms with E-state index >= 15 is 0 Å². The zero-order valence-corrected chi connectivity index (χ0v) is 10.5. The van der Waals surface area contributed by atoms with Gasteiger partial charge in [-0.2, -0.15) is 5.26 Å². The second-order valence-corrected chi connectivity index (χ2v) is 5.01. The molecule has 0 saturated heterocycles. The number of hydrogen-bond acceptors (Lipinski definition) is 2. The molecule has 0 fully saturated rings. The first-order chi connectivity index (χ1) is 6.77. The third-order valence-electron chi connectivity index (χ3n) is 1.82. The molecule has 0 heterocycles. The first kappa shape index (κ1) is 11.6. The van der Waals surface area contributed by atoms with E-state index in [1.54, 1.807) is 11.8 Å². The minimum absolute atomic E-state index is 0.773. The lowest BCUT2D eigenvalue weighted by Gasteiger charge is -2.03. The molecule has 1 rings (SSSR count). The Morgan fingerprint density at radius 3 is 2.93 bits per heavy atom. The predicted octanol–water partition coefficient (Wildman–Crippen LogP) is 4.21. The molecule has 0 unspecified atom stereocenters. The second-order valence-electron chi connectivity index (χ2n) is 2.95. The molecular weight excluding hydrogens is 258 g/mol. The van der Waals surface area contributed by atoms with Crippen LogP contribution in [-0.2, 0) is 0 Å². The molecule has 0 radical (unpaired) electrons. The summed E-state index contributed by atoms with van der Waals surface area (Å²) in [6, 6.07) is 7.99. The van der Waals surface area contributed by atoms with Crippen molar-refractivity contribution in [1.82, 2.24) is 0 Å². The molecular formula is C11H12BrNS. The van der Waals surface area contributed by atoms with Gasteiger partial charge in [-0.05, 0) is 30.4 Å². The number of halogens is 1. The lowest BCUT2D eigenvalue weighted by atomic mass is 10.2. The highest BCUT2D eigenvalue weighted by molar-refractivity contribution is 9.10. The predicted molar refractivity (Wildman–Crippen MR) is 64.5 cm³/mol. The summed E-state index contributed by atoms with van der Waals surface area (Å²) >= 11 is 5.17. The molecule has 1 aromatic carbocycles. The Bertz CT molecular complexity index is 344. The van der Waals surface area contributed by atoms with Gasteiger partial charge >= 0.3 is 0 Å². The number of benzene rings is 1. The van der Waals surface area contributed by atoms with Crippen LogP contribution in [0.25, 0.3) is 0 Å². The van der Waals surface area contributed by atoms with Gasteiger partial charge in [0.25, 0.3) is 0 Å². The minimum atomic E-state index is 0.773. The summed E-state index contributed by atoms with van der Waals surface area (Å²) in [5, 5.41) is 8.89. The topological polar surface area (TPSA) is 23.8 Å². The molecule has 0 amide bonds. The minimum Gasteiger partial charge on any atom is -0.192 e. The van der Waals surface area contributed by atoms with E-state index < -0.39 is 0 Å². The average Bonchev–Trinajstić information content (AvgIpc) is 2.19. The van der Waals surface area contributed by atoms with Crippen molar-refractivity contribution in [2.45, 2.75) is 24.7 Å². The molecule has 74 valence electrons. The van der Waals surface area contributed by atoms with Gasteiger partial charge in [-0.1, -0.05) is 29.3 Å². The maximum atomic E-state index is 8.89. The largest absolute Gasteiger partial charge is 0.192 e. The molecule has 1 nitrogen and oxygen atoms in total. The Morgan fingerprint density at radius 2 is 2.29 bits per heavy atom. The summed E-state index contributed by atoms with van der Waals surface area (Å²) in [6.45, 7) is 2.17. The van der Waals surface area contributed by atoms with Gasteiger partial charge in [-0.25, -0.2) is 0 Å². The zero-order valence-electron chi connectivity index (χ0n) is 8.09. The molecule has 0 aliphatic rings. The highest BCUT2D eigenvalue weighted by atomic mass is 79.9. The summed E-state index contributed by atoms with van der Waals surface area (Å²) in [5.74, 6) is 1.08. The van der Waals surface area contributed by atoms with Crippen LogP contribution in [0.4, 0.5) is 0 Å². The summed E-state index contributed by atoms with van der Waals surface area (Å²) in [4.78, 5) is 1.08. The second kappa shape index (κ2) is 6.10. The number of nitrogens with zero attached hydrogens (tertiary/aromatic N) is 1. The van der Waals surface area contributed by atoms with Gasteiger partial charge in [0, 0.05) is 9.37 Å². The number of unbranched alkanes of at least 4 members (excludes halogenated alkanes) is 1. The van der Waals surface area contributed by atoms with Crippen molar-refractivity contribution in [1.29, 1.82) is 5.26 Å². The first-order valence-corrected chi connectivity index (χ1v) is 6.38. The van der Waals surface area contributed by atoms with Gasteiger partial charge in [0.1, 0.15) is 6.07 Å². The van der Waals surface area contributed by atoms with Crippen LogP contribution in [0, 0.1) is 11.3 Å². The third-order valence-corrected chi connectivity index (χ3v) is 3.45. The SMILES string of the molecule is CCCCSc1cc(Br)ccc1C#N. The summed E-state index contributed by atoms with van der Waals surface area (Å²) < 4.78 is 1.04. The van der Waals surface area contributed by atoms with E-state index in [-0.39, 0.29) is 0 Å². The highest BCUT2D eigenvalue weighted by Gasteiger charge is 2.02. The normalized spacial score (nSPS) is 9.79. The van der Waals surface area contributed by atoms with Crippen LogP contribution in [-0.4, -0.2) is 5.75 Å². The molecule has 0 bridgehead atoms. The summed E-state index contributed by atoms with van der Waals surface area (Å²) in [6.07, 6.45) is 2.39. The van der Waals surface area contributed by atoms with Crippen LogP contribution >= 0.6 is 27.7 Å². The van der Waals surface area contributed by atoms with E-state index in [4.69, 9.17) is 5.26 Å². The van der Waals surface area contributed by atoms with Crippen molar-refractivity contribution in [2.75, 3.05) is 5.75 Å². The van der Waals surface area contributed by atoms with E-state index in [1.807, 2.05) is 18.2 Å². The van der Waals surface area contributed by atoms with Crippen LogP contribution in [0.2, 0.25) is 0 Å². The van der Waals surface area contributed by atoms with E-state index in [2.05, 4.69) is 28.9 Å². The van der Waals surface area contributed by atoms with Gasteiger partial charge in [0.05, 0.1) is 5.56 Å². The van der Waals surface area contributed by atoms with Crippen LogP contribution in [0.15, 0.2) is 27.6 Å². The third kappa shape index (κ3) is 3.36. The van der Waals surface area contributed by atoms with Crippen LogP contribution < -0.4 is 0 Å². The monoisotopic (exact) mass is 269 g/mol. The molecule has 0 atom stereocenters. The van der Waals surface area contributed by atoms with Gasteiger partial charge < -0.3 is 0 Å². The van der Waals surface area contributed by atoms with Crippen molar-refractivity contribution in [2.24, 2.45) is 0 Å². The Balaban J connectivity index is 2.73. The highest BCUT2D eigenvalue weighted by Crippen LogP contribution is 2.26. The number of thioether (sulfide) groups is 1. The van der Waals surface area contributed by atoms with Crippen molar-refractivity contribution in [3.05, 3.63) is 28.2 Å². The Hall–Kier alpha value is -0.460. The maximum absolute atomic E-state index is 8.89. The maximum Gasteiger partial charge on any atom is 0.100 e. The summed E-state index contributed by atoms with van der Waals surface area (Å²) in [5.41, 5.74) is 0.773. The van der Waals surface area contributed by atoms with Crippen molar-refractivity contribution in [3.8, 4) is 6.07 Å². The van der Waals surface area contributed by atoms with E-state index in [0.717, 1.165) is 20.7 Å². The first-order valence-electron chi connectivity index (χ1n) is 4.60. The molecule has 0 saturated carbocycles. The Labute approximate surface area is 97.6 Å². The number of rotatable bonds is 4. The van der Waals surface area contributed by atoms with E-state index in [9.17, 15) is 0 Å². The van der Waals surface area contributed by atoms with Crippen LogP contribution in [0.5, 0.6) is 0 Å². The van der Waals surface area contributed by atoms with Gasteiger partial charge in [0.2, 0.25) is 0 Å². The smallest absolute Gasteiger partial charge is 0.100 e. The quantitative estimate of drug-likeness (QED) is 0.604. The average molecular weight is 270 g/mol. The molecule has 0 spiro atoms. The Kier molecular flexibility index (Phi) is 5.06. The van der Waals surface area contributed by atoms with Crippen LogP contribution in [0.1, 0.15) is 25.3 Å². The molecule has 1 aromatic rings. The fraction of sp³-hybridized carbons (Fsp3) is 0.364. The molecule has 0 aromatic heterocycles. The van der Waals surface area contributed by atoms with Crippen LogP contribution in [0.3, 0.4) is 0 Å². The standard InChI is InChI=1S/C11H12BrNS/c1-2-3-6-14-11-7-10(12)5-4-9(11)8-13/h4-5,7H,2-3,6H2,1H3. The molecule has 3 heteroatoms. The molecule has 0 N–H and O–H groups in total. The lowest BCUT2D eigenvalue weighted by Crippen LogP contribution is -1.84. The lowest BCUT2D eigenvalue weighted by molar-refractivity contribution is 0.896. The number of nitriles is 1. The zero-order chi connectivity index (χ0) is 10.4. The van der Waals surface area contributed by atoms with Crippen molar-refractivity contribution < 1.29 is 0 Å². The fourth-order valence-electron chi connectivity index (χ4n) is 1.03. The number of hydrogen-bond donors (Lipinski definition) is 0. The summed E-state index contributed by atoms with van der Waals surface area (Å²) in [7, 11) is 0. The fourth-order valence-corrected chi connectivity index (χ4v) is 2.68. The van der Waals surface area contributed by atoms with E-state index in [0.29, 0.717) is 0 Å². The van der Waals surface area contributed by atoms with Crippen molar-refractivity contribution >= 4 is 27.7 Å². The van der Waals surface area contributed by atoms with E-state index in [1.165, 1.54) is 12.8 Å². The molecule has 14 heavy (non-hydrogen) atoms. The van der Waals surface area contributed by atoms with Crippen molar-refractivity contribution in [3.63, 3.8) is 0 Å². The van der Waals surface area contributed by atoms with Gasteiger partial charge in [0.15, 0.2) is 0 Å². The molecule has 0 aliphatic carbocycles. The van der Waals surface area contributed by atoms with Gasteiger partial charge in [-0.15, -0.1) is 11.8 Å².